The molecule has 0 saturated carbocycles. The van der Waals surface area contributed by atoms with Crippen LogP contribution in [-0.4, -0.2) is 14.8 Å². The van der Waals surface area contributed by atoms with Crippen molar-refractivity contribution in [2.24, 2.45) is 5.92 Å². The minimum absolute atomic E-state index is 0.380. The summed E-state index contributed by atoms with van der Waals surface area (Å²) in [5.74, 6) is 2.27. The Bertz CT molecular complexity index is 646. The average molecular weight is 295 g/mol. The summed E-state index contributed by atoms with van der Waals surface area (Å²) in [6.07, 6.45) is -1.99. The van der Waals surface area contributed by atoms with E-state index in [4.69, 9.17) is 0 Å². The number of hydrogen-bond donors (Lipinski definition) is 0. The lowest BCUT2D eigenvalue weighted by atomic mass is 10.00. The van der Waals surface area contributed by atoms with E-state index in [2.05, 4.69) is 17.1 Å². The summed E-state index contributed by atoms with van der Waals surface area (Å²) in [4.78, 5) is 0. The van der Waals surface area contributed by atoms with Gasteiger partial charge in [-0.05, 0) is 24.0 Å². The van der Waals surface area contributed by atoms with Gasteiger partial charge in [0.1, 0.15) is 11.6 Å². The number of fused-ring (bicyclic) bond motifs is 1. The number of benzene rings is 1. The molecule has 2 aromatic rings. The van der Waals surface area contributed by atoms with E-state index in [1.165, 1.54) is 12.1 Å². The molecule has 0 aliphatic carbocycles. The largest absolute Gasteiger partial charge is 0.416 e. The lowest BCUT2D eigenvalue weighted by Crippen LogP contribution is -2.19. The molecular formula is C15H16F3N3. The third kappa shape index (κ3) is 2.94. The smallest absolute Gasteiger partial charge is 0.315 e. The Morgan fingerprint density at radius 2 is 2.10 bits per heavy atom. The fourth-order valence-corrected chi connectivity index (χ4v) is 2.72. The van der Waals surface area contributed by atoms with Gasteiger partial charge < -0.3 is 4.57 Å². The minimum Gasteiger partial charge on any atom is -0.315 e. The van der Waals surface area contributed by atoms with Crippen molar-refractivity contribution in [3.63, 3.8) is 0 Å². The summed E-state index contributed by atoms with van der Waals surface area (Å²) in [5, 5.41) is 8.32. The second-order valence-electron chi connectivity index (χ2n) is 5.66. The van der Waals surface area contributed by atoms with Crippen molar-refractivity contribution in [3.05, 3.63) is 47.0 Å². The molecule has 112 valence electrons. The molecule has 1 unspecified atom stereocenters. The second kappa shape index (κ2) is 5.16. The number of nitrogens with zero attached hydrogens (tertiary/aromatic N) is 3. The molecule has 0 saturated heterocycles. The van der Waals surface area contributed by atoms with E-state index in [0.29, 0.717) is 17.9 Å². The molecule has 3 rings (SSSR count). The van der Waals surface area contributed by atoms with Crippen LogP contribution in [0.1, 0.15) is 36.1 Å². The monoisotopic (exact) mass is 295 g/mol. The first-order chi connectivity index (χ1) is 9.93. The molecule has 1 aromatic heterocycles. The first kappa shape index (κ1) is 14.1. The second-order valence-corrected chi connectivity index (χ2v) is 5.66. The van der Waals surface area contributed by atoms with Crippen LogP contribution in [0, 0.1) is 5.92 Å². The summed E-state index contributed by atoms with van der Waals surface area (Å²) in [6.45, 7) is 3.02. The van der Waals surface area contributed by atoms with Crippen molar-refractivity contribution in [2.45, 2.75) is 38.9 Å². The summed E-state index contributed by atoms with van der Waals surface area (Å²) < 4.78 is 40.2. The molecule has 1 atom stereocenters. The van der Waals surface area contributed by atoms with Gasteiger partial charge in [0.15, 0.2) is 0 Å². The van der Waals surface area contributed by atoms with E-state index in [9.17, 15) is 13.2 Å². The van der Waals surface area contributed by atoms with Crippen LogP contribution in [0.4, 0.5) is 13.2 Å². The van der Waals surface area contributed by atoms with Crippen LogP contribution in [-0.2, 0) is 25.6 Å². The van der Waals surface area contributed by atoms with Gasteiger partial charge in [-0.1, -0.05) is 25.1 Å². The number of hydrogen-bond acceptors (Lipinski definition) is 2. The van der Waals surface area contributed by atoms with Crippen molar-refractivity contribution in [3.8, 4) is 0 Å². The zero-order valence-electron chi connectivity index (χ0n) is 11.7. The van der Waals surface area contributed by atoms with Gasteiger partial charge in [-0.15, -0.1) is 10.2 Å². The highest BCUT2D eigenvalue weighted by atomic mass is 19.4. The molecule has 21 heavy (non-hydrogen) atoms. The molecule has 0 fully saturated rings. The van der Waals surface area contributed by atoms with Gasteiger partial charge in [-0.2, -0.15) is 13.2 Å². The quantitative estimate of drug-likeness (QED) is 0.849. The normalized spacial score (nSPS) is 18.6. The Hall–Kier alpha value is -1.85. The Balaban J connectivity index is 1.85. The van der Waals surface area contributed by atoms with E-state index >= 15 is 0 Å². The minimum atomic E-state index is -4.31. The van der Waals surface area contributed by atoms with E-state index < -0.39 is 11.7 Å². The van der Waals surface area contributed by atoms with Gasteiger partial charge >= 0.3 is 6.18 Å². The molecule has 3 nitrogen and oxygen atoms in total. The SMILES string of the molecule is CC1CCn2c(Cc3cccc(C(F)(F)F)c3)nnc2C1. The molecular weight excluding hydrogens is 279 g/mol. The zero-order chi connectivity index (χ0) is 15.0. The van der Waals surface area contributed by atoms with Crippen LogP contribution in [0.3, 0.4) is 0 Å². The Morgan fingerprint density at radius 1 is 1.29 bits per heavy atom. The predicted molar refractivity (Wildman–Crippen MR) is 71.8 cm³/mol. The summed E-state index contributed by atoms with van der Waals surface area (Å²) in [7, 11) is 0. The van der Waals surface area contributed by atoms with Crippen LogP contribution in [0.5, 0.6) is 0 Å². The van der Waals surface area contributed by atoms with Crippen LogP contribution in [0.15, 0.2) is 24.3 Å². The van der Waals surface area contributed by atoms with Crippen LogP contribution in [0.25, 0.3) is 0 Å². The molecule has 0 spiro atoms. The van der Waals surface area contributed by atoms with Crippen molar-refractivity contribution < 1.29 is 13.2 Å². The fraction of sp³-hybridized carbons (Fsp3) is 0.467. The zero-order valence-corrected chi connectivity index (χ0v) is 11.7. The molecule has 1 aliphatic heterocycles. The van der Waals surface area contributed by atoms with Crippen molar-refractivity contribution in [1.82, 2.24) is 14.8 Å². The molecule has 0 radical (unpaired) electrons. The summed E-state index contributed by atoms with van der Waals surface area (Å²) in [5.41, 5.74) is -0.00866. The standard InChI is InChI=1S/C15H16F3N3/c1-10-5-6-21-13(7-10)19-20-14(21)9-11-3-2-4-12(8-11)15(16,17)18/h2-4,8,10H,5-7,9H2,1H3. The molecule has 2 heterocycles. The maximum Gasteiger partial charge on any atom is 0.416 e. The highest BCUT2D eigenvalue weighted by Gasteiger charge is 2.30. The van der Waals surface area contributed by atoms with Crippen molar-refractivity contribution in [1.29, 1.82) is 0 Å². The molecule has 6 heteroatoms. The van der Waals surface area contributed by atoms with Gasteiger partial charge in [0.2, 0.25) is 0 Å². The fourth-order valence-electron chi connectivity index (χ4n) is 2.72. The third-order valence-electron chi connectivity index (χ3n) is 3.90. The Labute approximate surface area is 120 Å². The van der Waals surface area contributed by atoms with Gasteiger partial charge in [0.25, 0.3) is 0 Å². The van der Waals surface area contributed by atoms with Gasteiger partial charge in [0.05, 0.1) is 5.56 Å². The molecule has 0 bridgehead atoms. The van der Waals surface area contributed by atoms with Crippen molar-refractivity contribution in [2.75, 3.05) is 0 Å². The van der Waals surface area contributed by atoms with Gasteiger partial charge in [-0.3, -0.25) is 0 Å². The molecule has 0 N–H and O–H groups in total. The highest BCUT2D eigenvalue weighted by molar-refractivity contribution is 5.28. The Morgan fingerprint density at radius 3 is 2.86 bits per heavy atom. The van der Waals surface area contributed by atoms with E-state index in [-0.39, 0.29) is 0 Å². The first-order valence-corrected chi connectivity index (χ1v) is 7.00. The number of rotatable bonds is 2. The molecule has 0 amide bonds. The lowest BCUT2D eigenvalue weighted by molar-refractivity contribution is -0.137. The number of halogens is 3. The van der Waals surface area contributed by atoms with Crippen LogP contribution >= 0.6 is 0 Å². The highest BCUT2D eigenvalue weighted by Crippen LogP contribution is 2.30. The Kier molecular flexibility index (Phi) is 3.47. The molecule has 1 aromatic carbocycles. The topological polar surface area (TPSA) is 30.7 Å². The maximum absolute atomic E-state index is 12.7. The molecule has 1 aliphatic rings. The average Bonchev–Trinajstić information content (AvgIpc) is 2.80. The maximum atomic E-state index is 12.7. The van der Waals surface area contributed by atoms with E-state index in [0.717, 1.165) is 37.1 Å². The predicted octanol–water partition coefficient (Wildman–Crippen LogP) is 3.47. The van der Waals surface area contributed by atoms with Crippen molar-refractivity contribution >= 4 is 0 Å². The number of alkyl halides is 3. The van der Waals surface area contributed by atoms with Crippen LogP contribution < -0.4 is 0 Å². The van der Waals surface area contributed by atoms with E-state index in [1.807, 2.05) is 4.57 Å². The number of aromatic nitrogens is 3. The lowest BCUT2D eigenvalue weighted by Gasteiger charge is -2.20. The van der Waals surface area contributed by atoms with E-state index in [1.54, 1.807) is 6.07 Å². The van der Waals surface area contributed by atoms with Gasteiger partial charge in [0, 0.05) is 19.4 Å². The summed E-state index contributed by atoms with van der Waals surface area (Å²) >= 11 is 0. The summed E-state index contributed by atoms with van der Waals surface area (Å²) in [6, 6.07) is 5.41. The third-order valence-corrected chi connectivity index (χ3v) is 3.90. The van der Waals surface area contributed by atoms with Gasteiger partial charge in [-0.25, -0.2) is 0 Å². The van der Waals surface area contributed by atoms with Crippen LogP contribution in [0.2, 0.25) is 0 Å². The first-order valence-electron chi connectivity index (χ1n) is 7.00.